The number of fused-ring (bicyclic) bond motifs is 1. The summed E-state index contributed by atoms with van der Waals surface area (Å²) in [7, 11) is 0. The van der Waals surface area contributed by atoms with E-state index < -0.39 is 0 Å². The van der Waals surface area contributed by atoms with Gasteiger partial charge in [-0.05, 0) is 31.9 Å². The highest BCUT2D eigenvalue weighted by Crippen LogP contribution is 2.24. The first-order valence-corrected chi connectivity index (χ1v) is 7.91. The fraction of sp³-hybridized carbons (Fsp3) is 0.500. The Bertz CT molecular complexity index is 658. The lowest BCUT2D eigenvalue weighted by Gasteiger charge is -2.37. The van der Waals surface area contributed by atoms with Crippen molar-refractivity contribution >= 4 is 16.7 Å². The van der Waals surface area contributed by atoms with E-state index in [2.05, 4.69) is 54.9 Å². The summed E-state index contributed by atoms with van der Waals surface area (Å²) in [5.74, 6) is 0.588. The zero-order valence-corrected chi connectivity index (χ0v) is 13.1. The molecule has 0 unspecified atom stereocenters. The summed E-state index contributed by atoms with van der Waals surface area (Å²) in [5.41, 5.74) is 3.91. The number of ketones is 1. The number of likely N-dealkylation sites (tertiary alicyclic amines) is 1. The van der Waals surface area contributed by atoms with Crippen molar-refractivity contribution in [2.45, 2.75) is 39.7 Å². The van der Waals surface area contributed by atoms with Crippen molar-refractivity contribution in [2.24, 2.45) is 5.92 Å². The molecular formula is C18H24N2O. The number of carbonyl (C=O) groups excluding carboxylic acids is 1. The molecule has 0 spiro atoms. The lowest BCUT2D eigenvalue weighted by Crippen LogP contribution is -2.47. The molecule has 3 nitrogen and oxygen atoms in total. The van der Waals surface area contributed by atoms with E-state index in [1.807, 2.05) is 0 Å². The van der Waals surface area contributed by atoms with Crippen molar-refractivity contribution in [2.75, 3.05) is 13.1 Å². The second-order valence-corrected chi connectivity index (χ2v) is 6.31. The maximum atomic E-state index is 11.8. The van der Waals surface area contributed by atoms with E-state index in [1.54, 1.807) is 0 Å². The minimum absolute atomic E-state index is 0.169. The molecule has 2 heterocycles. The molecule has 0 amide bonds. The normalized spacial score (nSPS) is 23.9. The van der Waals surface area contributed by atoms with Crippen LogP contribution in [-0.4, -0.2) is 34.8 Å². The molecule has 1 fully saturated rings. The standard InChI is InChI=1S/C18H24N2O/c1-12-14(3)20(11-9-18(12)21)10-8-15-13(2)19-17-7-5-4-6-16(15)17/h4-7,12,14,19H,8-11H2,1-3H3/t12-,14-/m0/s1. The van der Waals surface area contributed by atoms with Gasteiger partial charge >= 0.3 is 0 Å². The number of carbonyl (C=O) groups is 1. The second-order valence-electron chi connectivity index (χ2n) is 6.31. The number of benzene rings is 1. The number of para-hydroxylation sites is 1. The average molecular weight is 284 g/mol. The van der Waals surface area contributed by atoms with Gasteiger partial charge in [0.2, 0.25) is 0 Å². The van der Waals surface area contributed by atoms with Crippen LogP contribution in [0.3, 0.4) is 0 Å². The van der Waals surface area contributed by atoms with Gasteiger partial charge in [-0.15, -0.1) is 0 Å². The fourth-order valence-electron chi connectivity index (χ4n) is 3.50. The Hall–Kier alpha value is -1.61. The van der Waals surface area contributed by atoms with E-state index >= 15 is 0 Å². The van der Waals surface area contributed by atoms with Gasteiger partial charge in [-0.2, -0.15) is 0 Å². The van der Waals surface area contributed by atoms with Gasteiger partial charge in [0.25, 0.3) is 0 Å². The zero-order valence-electron chi connectivity index (χ0n) is 13.1. The number of hydrogen-bond acceptors (Lipinski definition) is 2. The number of aryl methyl sites for hydroxylation is 1. The van der Waals surface area contributed by atoms with Gasteiger partial charge in [0.15, 0.2) is 0 Å². The maximum Gasteiger partial charge on any atom is 0.138 e. The highest BCUT2D eigenvalue weighted by atomic mass is 16.1. The van der Waals surface area contributed by atoms with E-state index in [1.165, 1.54) is 22.2 Å². The van der Waals surface area contributed by atoms with Crippen molar-refractivity contribution in [3.05, 3.63) is 35.5 Å². The average Bonchev–Trinajstić information content (AvgIpc) is 2.80. The van der Waals surface area contributed by atoms with Crippen LogP contribution in [0, 0.1) is 12.8 Å². The Kier molecular flexibility index (Phi) is 3.85. The SMILES string of the molecule is Cc1[nH]c2ccccc2c1CCN1CCC(=O)[C@@H](C)[C@@H]1C. The van der Waals surface area contributed by atoms with Crippen molar-refractivity contribution in [1.29, 1.82) is 0 Å². The molecule has 0 aliphatic carbocycles. The third kappa shape index (κ3) is 2.62. The van der Waals surface area contributed by atoms with Gasteiger partial charge in [0.1, 0.15) is 5.78 Å². The Morgan fingerprint density at radius 2 is 2.05 bits per heavy atom. The largest absolute Gasteiger partial charge is 0.358 e. The second kappa shape index (κ2) is 5.64. The van der Waals surface area contributed by atoms with Crippen LogP contribution in [0.4, 0.5) is 0 Å². The predicted molar refractivity (Wildman–Crippen MR) is 86.6 cm³/mol. The molecule has 0 saturated carbocycles. The Morgan fingerprint density at radius 3 is 2.86 bits per heavy atom. The summed E-state index contributed by atoms with van der Waals surface area (Å²) in [6.45, 7) is 8.34. The molecule has 3 heteroatoms. The van der Waals surface area contributed by atoms with Crippen molar-refractivity contribution in [3.63, 3.8) is 0 Å². The molecule has 1 saturated heterocycles. The van der Waals surface area contributed by atoms with Gasteiger partial charge < -0.3 is 4.98 Å². The summed E-state index contributed by atoms with van der Waals surface area (Å²) in [4.78, 5) is 17.7. The molecule has 2 atom stereocenters. The van der Waals surface area contributed by atoms with Crippen LogP contribution >= 0.6 is 0 Å². The summed E-state index contributed by atoms with van der Waals surface area (Å²) >= 11 is 0. The number of nitrogens with one attached hydrogen (secondary N) is 1. The number of nitrogens with zero attached hydrogens (tertiary/aromatic N) is 1. The lowest BCUT2D eigenvalue weighted by molar-refractivity contribution is -0.127. The van der Waals surface area contributed by atoms with Crippen LogP contribution in [0.15, 0.2) is 24.3 Å². The zero-order chi connectivity index (χ0) is 15.0. The molecule has 112 valence electrons. The number of hydrogen-bond donors (Lipinski definition) is 1. The smallest absolute Gasteiger partial charge is 0.138 e. The van der Waals surface area contributed by atoms with Gasteiger partial charge in [0, 0.05) is 48.1 Å². The number of aromatic amines is 1. The van der Waals surface area contributed by atoms with E-state index in [9.17, 15) is 4.79 Å². The Labute approximate surface area is 126 Å². The van der Waals surface area contributed by atoms with E-state index in [-0.39, 0.29) is 5.92 Å². The molecule has 1 aromatic carbocycles. The van der Waals surface area contributed by atoms with E-state index in [0.717, 1.165) is 19.5 Å². The minimum Gasteiger partial charge on any atom is -0.358 e. The highest BCUT2D eigenvalue weighted by molar-refractivity contribution is 5.84. The maximum absolute atomic E-state index is 11.8. The number of piperidine rings is 1. The van der Waals surface area contributed by atoms with E-state index in [0.29, 0.717) is 18.2 Å². The van der Waals surface area contributed by atoms with E-state index in [4.69, 9.17) is 0 Å². The Balaban J connectivity index is 1.75. The molecule has 1 N–H and O–H groups in total. The number of Topliss-reactive ketones (excluding diaryl/α,β-unsaturated/α-hetero) is 1. The summed E-state index contributed by atoms with van der Waals surface area (Å²) < 4.78 is 0. The molecule has 1 aromatic heterocycles. The molecule has 2 aromatic rings. The fourth-order valence-corrected chi connectivity index (χ4v) is 3.50. The first-order valence-electron chi connectivity index (χ1n) is 7.91. The minimum atomic E-state index is 0.169. The van der Waals surface area contributed by atoms with Crippen LogP contribution in [0.1, 0.15) is 31.5 Å². The highest BCUT2D eigenvalue weighted by Gasteiger charge is 2.30. The number of aromatic nitrogens is 1. The topological polar surface area (TPSA) is 36.1 Å². The molecule has 0 bridgehead atoms. The third-order valence-electron chi connectivity index (χ3n) is 5.13. The van der Waals surface area contributed by atoms with Gasteiger partial charge in [0.05, 0.1) is 0 Å². The Morgan fingerprint density at radius 1 is 1.29 bits per heavy atom. The van der Waals surface area contributed by atoms with Crippen LogP contribution in [0.2, 0.25) is 0 Å². The molecule has 1 aliphatic rings. The first-order chi connectivity index (χ1) is 10.1. The summed E-state index contributed by atoms with van der Waals surface area (Å²) in [6.07, 6.45) is 1.75. The number of rotatable bonds is 3. The molecule has 3 rings (SSSR count). The van der Waals surface area contributed by atoms with Crippen molar-refractivity contribution in [3.8, 4) is 0 Å². The molecule has 21 heavy (non-hydrogen) atoms. The van der Waals surface area contributed by atoms with Crippen LogP contribution in [0.5, 0.6) is 0 Å². The first kappa shape index (κ1) is 14.3. The van der Waals surface area contributed by atoms with Gasteiger partial charge in [-0.3, -0.25) is 9.69 Å². The quantitative estimate of drug-likeness (QED) is 0.938. The summed E-state index contributed by atoms with van der Waals surface area (Å²) in [6, 6.07) is 8.86. The molecule has 0 radical (unpaired) electrons. The number of H-pyrrole nitrogens is 1. The van der Waals surface area contributed by atoms with Crippen LogP contribution < -0.4 is 0 Å². The van der Waals surface area contributed by atoms with Crippen molar-refractivity contribution < 1.29 is 4.79 Å². The monoisotopic (exact) mass is 284 g/mol. The van der Waals surface area contributed by atoms with Crippen LogP contribution in [-0.2, 0) is 11.2 Å². The van der Waals surface area contributed by atoms with Crippen LogP contribution in [0.25, 0.3) is 10.9 Å². The molecular weight excluding hydrogens is 260 g/mol. The summed E-state index contributed by atoms with van der Waals surface area (Å²) in [5, 5.41) is 1.34. The van der Waals surface area contributed by atoms with Crippen molar-refractivity contribution in [1.82, 2.24) is 9.88 Å². The lowest BCUT2D eigenvalue weighted by atomic mass is 9.90. The molecule has 1 aliphatic heterocycles. The predicted octanol–water partition coefficient (Wildman–Crippen LogP) is 3.32. The van der Waals surface area contributed by atoms with Gasteiger partial charge in [-0.1, -0.05) is 25.1 Å². The third-order valence-corrected chi connectivity index (χ3v) is 5.13. The van der Waals surface area contributed by atoms with Gasteiger partial charge in [-0.25, -0.2) is 0 Å².